The fraction of sp³-hybridized carbons (Fsp3) is 0.400. The molecule has 1 aromatic rings. The molecule has 100 valence electrons. The van der Waals surface area contributed by atoms with Gasteiger partial charge in [0.05, 0.1) is 0 Å². The monoisotopic (exact) mass is 311 g/mol. The molecule has 1 aromatic carbocycles. The molecule has 1 atom stereocenters. The molecular formula is C15H22BrNO. The first-order chi connectivity index (χ1) is 7.99. The number of carbonyl (C=O) groups excluding carboxylic acids is 1. The predicted molar refractivity (Wildman–Crippen MR) is 83.3 cm³/mol. The van der Waals surface area contributed by atoms with Crippen molar-refractivity contribution < 1.29 is 4.79 Å². The van der Waals surface area contributed by atoms with Crippen LogP contribution < -0.4 is 0 Å². The number of halogens is 1. The highest BCUT2D eigenvalue weighted by Crippen LogP contribution is 2.07. The maximum absolute atomic E-state index is 11.8. The van der Waals surface area contributed by atoms with E-state index in [2.05, 4.69) is 6.92 Å². The quantitative estimate of drug-likeness (QED) is 0.777. The minimum Gasteiger partial charge on any atom is -0.309 e. The molecule has 0 radical (unpaired) electrons. The zero-order chi connectivity index (χ0) is 12.8. The van der Waals surface area contributed by atoms with Crippen molar-refractivity contribution in [2.24, 2.45) is 5.92 Å². The lowest BCUT2D eigenvalue weighted by atomic mass is 10.0. The summed E-state index contributed by atoms with van der Waals surface area (Å²) in [6.07, 6.45) is 3.56. The van der Waals surface area contributed by atoms with Gasteiger partial charge in [-0.1, -0.05) is 42.8 Å². The number of benzene rings is 1. The SMILES string of the molecule is Br.Cc1ccc(/C=C/C(=O)C(C)CN(C)C)cc1. The number of rotatable bonds is 5. The molecule has 18 heavy (non-hydrogen) atoms. The minimum absolute atomic E-state index is 0. The van der Waals surface area contributed by atoms with Crippen molar-refractivity contribution in [1.82, 2.24) is 4.90 Å². The van der Waals surface area contributed by atoms with E-state index in [0.717, 1.165) is 12.1 Å². The molecule has 0 fully saturated rings. The molecule has 2 nitrogen and oxygen atoms in total. The Morgan fingerprint density at radius 3 is 2.33 bits per heavy atom. The number of hydrogen-bond donors (Lipinski definition) is 0. The highest BCUT2D eigenvalue weighted by molar-refractivity contribution is 8.93. The van der Waals surface area contributed by atoms with E-state index < -0.39 is 0 Å². The van der Waals surface area contributed by atoms with Crippen molar-refractivity contribution in [3.05, 3.63) is 41.5 Å². The van der Waals surface area contributed by atoms with Crippen LogP contribution in [0.2, 0.25) is 0 Å². The summed E-state index contributed by atoms with van der Waals surface area (Å²) in [6.45, 7) is 4.80. The molecule has 0 aromatic heterocycles. The molecule has 1 unspecified atom stereocenters. The summed E-state index contributed by atoms with van der Waals surface area (Å²) in [5.41, 5.74) is 2.30. The number of nitrogens with zero attached hydrogens (tertiary/aromatic N) is 1. The molecule has 0 spiro atoms. The lowest BCUT2D eigenvalue weighted by Gasteiger charge is -2.13. The van der Waals surface area contributed by atoms with Crippen LogP contribution in [0.1, 0.15) is 18.1 Å². The number of allylic oxidation sites excluding steroid dienone is 1. The van der Waals surface area contributed by atoms with E-state index >= 15 is 0 Å². The van der Waals surface area contributed by atoms with Crippen LogP contribution >= 0.6 is 17.0 Å². The summed E-state index contributed by atoms with van der Waals surface area (Å²) in [4.78, 5) is 13.8. The summed E-state index contributed by atoms with van der Waals surface area (Å²) in [5.74, 6) is 0.228. The van der Waals surface area contributed by atoms with E-state index in [4.69, 9.17) is 0 Å². The van der Waals surface area contributed by atoms with Gasteiger partial charge in [0.2, 0.25) is 0 Å². The van der Waals surface area contributed by atoms with E-state index in [1.807, 2.05) is 56.3 Å². The fourth-order valence-electron chi connectivity index (χ4n) is 1.66. The summed E-state index contributed by atoms with van der Waals surface area (Å²) in [6, 6.07) is 8.15. The van der Waals surface area contributed by atoms with Crippen LogP contribution in [-0.4, -0.2) is 31.3 Å². The third-order valence-corrected chi connectivity index (χ3v) is 2.64. The van der Waals surface area contributed by atoms with Crippen LogP contribution in [-0.2, 0) is 4.79 Å². The normalized spacial score (nSPS) is 12.5. The van der Waals surface area contributed by atoms with Crippen LogP contribution in [0.4, 0.5) is 0 Å². The van der Waals surface area contributed by atoms with Crippen molar-refractivity contribution in [3.8, 4) is 0 Å². The van der Waals surface area contributed by atoms with Crippen molar-refractivity contribution >= 4 is 28.8 Å². The van der Waals surface area contributed by atoms with Gasteiger partial charge < -0.3 is 4.90 Å². The molecule has 3 heteroatoms. The number of hydrogen-bond acceptors (Lipinski definition) is 2. The first-order valence-electron chi connectivity index (χ1n) is 5.92. The first kappa shape index (κ1) is 17.1. The second-order valence-electron chi connectivity index (χ2n) is 4.81. The highest BCUT2D eigenvalue weighted by Gasteiger charge is 2.10. The molecule has 0 aliphatic rings. The summed E-state index contributed by atoms with van der Waals surface area (Å²) in [7, 11) is 3.96. The molecule has 0 N–H and O–H groups in total. The van der Waals surface area contributed by atoms with Gasteiger partial charge in [-0.25, -0.2) is 0 Å². The van der Waals surface area contributed by atoms with Crippen LogP contribution in [0.15, 0.2) is 30.3 Å². The predicted octanol–water partition coefficient (Wildman–Crippen LogP) is 3.35. The summed E-state index contributed by atoms with van der Waals surface area (Å²) in [5, 5.41) is 0. The lowest BCUT2D eigenvalue weighted by molar-refractivity contribution is -0.118. The summed E-state index contributed by atoms with van der Waals surface area (Å²) < 4.78 is 0. The summed E-state index contributed by atoms with van der Waals surface area (Å²) >= 11 is 0. The molecular weight excluding hydrogens is 290 g/mol. The third-order valence-electron chi connectivity index (χ3n) is 2.64. The largest absolute Gasteiger partial charge is 0.309 e. The highest BCUT2D eigenvalue weighted by atomic mass is 79.9. The second-order valence-corrected chi connectivity index (χ2v) is 4.81. The smallest absolute Gasteiger partial charge is 0.159 e. The van der Waals surface area contributed by atoms with Gasteiger partial charge in [0.25, 0.3) is 0 Å². The van der Waals surface area contributed by atoms with Crippen molar-refractivity contribution in [2.75, 3.05) is 20.6 Å². The molecule has 0 bridgehead atoms. The molecule has 0 amide bonds. The van der Waals surface area contributed by atoms with Gasteiger partial charge in [-0.3, -0.25) is 4.79 Å². The number of aryl methyl sites for hydroxylation is 1. The maximum atomic E-state index is 11.8. The Labute approximate surface area is 120 Å². The maximum Gasteiger partial charge on any atom is 0.159 e. The molecule has 0 aliphatic heterocycles. The van der Waals surface area contributed by atoms with E-state index in [0.29, 0.717) is 0 Å². The molecule has 0 aliphatic carbocycles. The van der Waals surface area contributed by atoms with Gasteiger partial charge in [-0.15, -0.1) is 17.0 Å². The standard InChI is InChI=1S/C15H21NO.BrH/c1-12-5-7-14(8-6-12)9-10-15(17)13(2)11-16(3)4;/h5-10,13H,11H2,1-4H3;1H/b10-9+;. The van der Waals surface area contributed by atoms with Gasteiger partial charge in [0.1, 0.15) is 0 Å². The minimum atomic E-state index is 0. The lowest BCUT2D eigenvalue weighted by Crippen LogP contribution is -2.24. The Morgan fingerprint density at radius 2 is 1.83 bits per heavy atom. The molecule has 1 rings (SSSR count). The van der Waals surface area contributed by atoms with Crippen LogP contribution in [0.5, 0.6) is 0 Å². The van der Waals surface area contributed by atoms with E-state index in [1.165, 1.54) is 5.56 Å². The van der Waals surface area contributed by atoms with Crippen LogP contribution in [0.25, 0.3) is 6.08 Å². The van der Waals surface area contributed by atoms with Crippen molar-refractivity contribution in [1.29, 1.82) is 0 Å². The van der Waals surface area contributed by atoms with Crippen molar-refractivity contribution in [2.45, 2.75) is 13.8 Å². The molecule has 0 heterocycles. The van der Waals surface area contributed by atoms with Gasteiger partial charge in [-0.05, 0) is 32.7 Å². The molecule has 0 saturated heterocycles. The topological polar surface area (TPSA) is 20.3 Å². The van der Waals surface area contributed by atoms with Crippen LogP contribution in [0, 0.1) is 12.8 Å². The number of ketones is 1. The first-order valence-corrected chi connectivity index (χ1v) is 5.92. The number of carbonyl (C=O) groups is 1. The van der Waals surface area contributed by atoms with Gasteiger partial charge in [0.15, 0.2) is 5.78 Å². The van der Waals surface area contributed by atoms with Crippen molar-refractivity contribution in [3.63, 3.8) is 0 Å². The Bertz CT molecular complexity index is 395. The Hall–Kier alpha value is -0.930. The van der Waals surface area contributed by atoms with E-state index in [9.17, 15) is 4.79 Å². The zero-order valence-electron chi connectivity index (χ0n) is 11.5. The fourth-order valence-corrected chi connectivity index (χ4v) is 1.66. The van der Waals surface area contributed by atoms with Gasteiger partial charge in [-0.2, -0.15) is 0 Å². The molecule has 0 saturated carbocycles. The average molecular weight is 312 g/mol. The Kier molecular flexibility index (Phi) is 7.80. The van der Waals surface area contributed by atoms with Crippen LogP contribution in [0.3, 0.4) is 0 Å². The van der Waals surface area contributed by atoms with Gasteiger partial charge in [0, 0.05) is 12.5 Å². The second kappa shape index (κ2) is 8.22. The van der Waals surface area contributed by atoms with E-state index in [1.54, 1.807) is 6.08 Å². The van der Waals surface area contributed by atoms with Gasteiger partial charge >= 0.3 is 0 Å². The third kappa shape index (κ3) is 6.12. The van der Waals surface area contributed by atoms with E-state index in [-0.39, 0.29) is 28.7 Å². The Balaban J connectivity index is 0.00000289. The zero-order valence-corrected chi connectivity index (χ0v) is 13.2. The Morgan fingerprint density at radius 1 is 1.28 bits per heavy atom. The average Bonchev–Trinajstić information content (AvgIpc) is 2.27.